The molecule has 1 aliphatic carbocycles. The summed E-state index contributed by atoms with van der Waals surface area (Å²) in [5.41, 5.74) is 10.5. The molecule has 0 radical (unpaired) electrons. The Bertz CT molecular complexity index is 3110. The Morgan fingerprint density at radius 1 is 0.364 bits per heavy atom. The number of nitrogens with zero attached hydrogens (tertiary/aromatic N) is 3. The molecule has 11 rings (SSSR count). The molecule has 0 fully saturated rings. The van der Waals surface area contributed by atoms with Crippen molar-refractivity contribution in [3.8, 4) is 56.4 Å². The quantitative estimate of drug-likeness (QED) is 0.171. The Labute approximate surface area is 319 Å². The highest BCUT2D eigenvalue weighted by atomic mass is 15.0. The maximum atomic E-state index is 5.21. The standard InChI is InChI=1S/C52H35N3/c1-52(2)44-20-12-11-19-42(44)43-30-26-34-22-21-33-23-24-37-31-38(27-29-40(37)45(33)46(34)48(43)52)41-28-25-32-13-9-10-18-39(32)47(41)51-54-49(35-14-5-3-6-15-35)53-50(55-51)36-16-7-4-8-17-36/h3-31H,1-2H3. The SMILES string of the molecule is CC1(C)c2ccccc2-c2ccc3ccc4ccc5cc(-c6ccc7ccccc7c6-c6nc(-c7ccccc7)nc(-c7ccccc7)n6)ccc5c4c3c21. The van der Waals surface area contributed by atoms with Gasteiger partial charge in [0.25, 0.3) is 0 Å². The number of aromatic nitrogens is 3. The lowest BCUT2D eigenvalue weighted by Crippen LogP contribution is -2.15. The third kappa shape index (κ3) is 4.86. The Morgan fingerprint density at radius 2 is 0.927 bits per heavy atom. The number of fused-ring (bicyclic) bond motifs is 10. The molecule has 0 atom stereocenters. The summed E-state index contributed by atoms with van der Waals surface area (Å²) in [6.45, 7) is 4.77. The first-order valence-corrected chi connectivity index (χ1v) is 18.9. The third-order valence-corrected chi connectivity index (χ3v) is 11.7. The molecule has 0 unspecified atom stereocenters. The number of rotatable bonds is 4. The summed E-state index contributed by atoms with van der Waals surface area (Å²) in [5.74, 6) is 1.96. The fraction of sp³-hybridized carbons (Fsp3) is 0.0577. The zero-order chi connectivity index (χ0) is 36.7. The van der Waals surface area contributed by atoms with Crippen LogP contribution >= 0.6 is 0 Å². The first-order chi connectivity index (χ1) is 27.0. The number of hydrogen-bond acceptors (Lipinski definition) is 3. The summed E-state index contributed by atoms with van der Waals surface area (Å²) >= 11 is 0. The average molecular weight is 702 g/mol. The zero-order valence-electron chi connectivity index (χ0n) is 30.6. The molecule has 55 heavy (non-hydrogen) atoms. The van der Waals surface area contributed by atoms with Crippen molar-refractivity contribution in [1.29, 1.82) is 0 Å². The minimum atomic E-state index is -0.121. The van der Waals surface area contributed by atoms with Crippen molar-refractivity contribution in [2.45, 2.75) is 19.3 Å². The van der Waals surface area contributed by atoms with Crippen LogP contribution in [0.25, 0.3) is 99.5 Å². The molecule has 3 heteroatoms. The van der Waals surface area contributed by atoms with Crippen molar-refractivity contribution in [2.75, 3.05) is 0 Å². The van der Waals surface area contributed by atoms with Gasteiger partial charge in [0.15, 0.2) is 17.5 Å². The van der Waals surface area contributed by atoms with E-state index in [1.165, 1.54) is 54.6 Å². The van der Waals surface area contributed by atoms with Crippen LogP contribution < -0.4 is 0 Å². The van der Waals surface area contributed by atoms with Crippen LogP contribution in [-0.2, 0) is 5.41 Å². The Morgan fingerprint density at radius 3 is 1.67 bits per heavy atom. The van der Waals surface area contributed by atoms with E-state index in [2.05, 4.69) is 153 Å². The van der Waals surface area contributed by atoms with Gasteiger partial charge in [0.05, 0.1) is 0 Å². The molecular formula is C52H35N3. The van der Waals surface area contributed by atoms with Crippen LogP contribution in [0.15, 0.2) is 176 Å². The molecule has 0 aliphatic heterocycles. The highest BCUT2D eigenvalue weighted by Crippen LogP contribution is 2.53. The summed E-state index contributed by atoms with van der Waals surface area (Å²) in [6.07, 6.45) is 0. The van der Waals surface area contributed by atoms with Crippen LogP contribution in [0.5, 0.6) is 0 Å². The molecule has 0 bridgehead atoms. The molecule has 1 heterocycles. The van der Waals surface area contributed by atoms with E-state index in [9.17, 15) is 0 Å². The lowest BCUT2D eigenvalue weighted by atomic mass is 9.79. The minimum Gasteiger partial charge on any atom is -0.208 e. The number of hydrogen-bond donors (Lipinski definition) is 0. The van der Waals surface area contributed by atoms with Crippen LogP contribution in [-0.4, -0.2) is 15.0 Å². The van der Waals surface area contributed by atoms with Crippen LogP contribution in [0.1, 0.15) is 25.0 Å². The van der Waals surface area contributed by atoms with Gasteiger partial charge in [-0.15, -0.1) is 0 Å². The van der Waals surface area contributed by atoms with Gasteiger partial charge in [0.1, 0.15) is 0 Å². The van der Waals surface area contributed by atoms with Gasteiger partial charge in [-0.3, -0.25) is 0 Å². The van der Waals surface area contributed by atoms with Gasteiger partial charge in [-0.1, -0.05) is 184 Å². The second-order valence-electron chi connectivity index (χ2n) is 15.2. The summed E-state index contributed by atoms with van der Waals surface area (Å²) in [4.78, 5) is 15.4. The molecule has 0 amide bonds. The van der Waals surface area contributed by atoms with Gasteiger partial charge in [0, 0.05) is 22.1 Å². The van der Waals surface area contributed by atoms with E-state index in [1.54, 1.807) is 0 Å². The van der Waals surface area contributed by atoms with Crippen molar-refractivity contribution in [3.05, 3.63) is 187 Å². The third-order valence-electron chi connectivity index (χ3n) is 11.7. The van der Waals surface area contributed by atoms with Gasteiger partial charge in [0.2, 0.25) is 0 Å². The smallest absolute Gasteiger partial charge is 0.165 e. The van der Waals surface area contributed by atoms with Crippen molar-refractivity contribution in [3.63, 3.8) is 0 Å². The normalized spacial score (nSPS) is 13.1. The lowest BCUT2D eigenvalue weighted by Gasteiger charge is -2.24. The fourth-order valence-corrected chi connectivity index (χ4v) is 9.08. The summed E-state index contributed by atoms with van der Waals surface area (Å²) in [7, 11) is 0. The van der Waals surface area contributed by atoms with Crippen molar-refractivity contribution in [2.24, 2.45) is 0 Å². The molecule has 0 saturated carbocycles. The zero-order valence-corrected chi connectivity index (χ0v) is 30.6. The summed E-state index contributed by atoms with van der Waals surface area (Å²) < 4.78 is 0. The van der Waals surface area contributed by atoms with E-state index in [1.807, 2.05) is 36.4 Å². The largest absolute Gasteiger partial charge is 0.208 e. The van der Waals surface area contributed by atoms with Gasteiger partial charge in [-0.05, 0) is 82.5 Å². The van der Waals surface area contributed by atoms with E-state index in [0.717, 1.165) is 38.6 Å². The average Bonchev–Trinajstić information content (AvgIpc) is 3.49. The van der Waals surface area contributed by atoms with Crippen molar-refractivity contribution >= 4 is 43.1 Å². The lowest BCUT2D eigenvalue weighted by molar-refractivity contribution is 0.666. The minimum absolute atomic E-state index is 0.121. The molecule has 3 nitrogen and oxygen atoms in total. The van der Waals surface area contributed by atoms with Crippen molar-refractivity contribution in [1.82, 2.24) is 15.0 Å². The molecule has 9 aromatic carbocycles. The molecule has 1 aliphatic rings. The van der Waals surface area contributed by atoms with E-state index in [0.29, 0.717) is 17.5 Å². The highest BCUT2D eigenvalue weighted by Gasteiger charge is 2.37. The predicted octanol–water partition coefficient (Wildman–Crippen LogP) is 13.5. The molecule has 0 N–H and O–H groups in total. The summed E-state index contributed by atoms with van der Waals surface area (Å²) in [5, 5.41) is 9.90. The topological polar surface area (TPSA) is 38.7 Å². The number of benzene rings is 9. The molecule has 258 valence electrons. The van der Waals surface area contributed by atoms with Gasteiger partial charge in [-0.2, -0.15) is 0 Å². The second kappa shape index (κ2) is 12.0. The van der Waals surface area contributed by atoms with Gasteiger partial charge in [-0.25, -0.2) is 15.0 Å². The fourth-order valence-electron chi connectivity index (χ4n) is 9.08. The highest BCUT2D eigenvalue weighted by molar-refractivity contribution is 6.23. The van der Waals surface area contributed by atoms with Crippen molar-refractivity contribution < 1.29 is 0 Å². The Balaban J connectivity index is 1.16. The predicted molar refractivity (Wildman–Crippen MR) is 229 cm³/mol. The first-order valence-electron chi connectivity index (χ1n) is 18.9. The van der Waals surface area contributed by atoms with Gasteiger partial charge < -0.3 is 0 Å². The van der Waals surface area contributed by atoms with E-state index in [4.69, 9.17) is 15.0 Å². The van der Waals surface area contributed by atoms with Crippen LogP contribution in [0, 0.1) is 0 Å². The van der Waals surface area contributed by atoms with Crippen LogP contribution in [0.2, 0.25) is 0 Å². The van der Waals surface area contributed by atoms with Gasteiger partial charge >= 0.3 is 0 Å². The molecular weight excluding hydrogens is 667 g/mol. The molecule has 10 aromatic rings. The first kappa shape index (κ1) is 31.5. The Hall–Kier alpha value is -6.97. The van der Waals surface area contributed by atoms with Crippen LogP contribution in [0.4, 0.5) is 0 Å². The summed E-state index contributed by atoms with van der Waals surface area (Å²) in [6, 6.07) is 63.0. The van der Waals surface area contributed by atoms with E-state index < -0.39 is 0 Å². The second-order valence-corrected chi connectivity index (χ2v) is 15.2. The monoisotopic (exact) mass is 701 g/mol. The maximum Gasteiger partial charge on any atom is 0.165 e. The van der Waals surface area contributed by atoms with Crippen LogP contribution in [0.3, 0.4) is 0 Å². The molecule has 0 saturated heterocycles. The van der Waals surface area contributed by atoms with E-state index in [-0.39, 0.29) is 5.41 Å². The Kier molecular flexibility index (Phi) is 6.90. The maximum absolute atomic E-state index is 5.21. The van der Waals surface area contributed by atoms with E-state index >= 15 is 0 Å². The molecule has 1 aromatic heterocycles. The molecule has 0 spiro atoms.